The zero-order valence-electron chi connectivity index (χ0n) is 10.9. The monoisotopic (exact) mass is 295 g/mol. The molecule has 0 atom stereocenters. The minimum Gasteiger partial charge on any atom is -0.282 e. The summed E-state index contributed by atoms with van der Waals surface area (Å²) in [5.74, 6) is 0.667. The lowest BCUT2D eigenvalue weighted by Gasteiger charge is -2.04. The quantitative estimate of drug-likeness (QED) is 0.675. The van der Waals surface area contributed by atoms with Crippen LogP contribution >= 0.6 is 11.6 Å². The van der Waals surface area contributed by atoms with Crippen LogP contribution in [0.4, 0.5) is 0 Å². The smallest absolute Gasteiger partial charge is 0.282 e. The van der Waals surface area contributed by atoms with Crippen LogP contribution in [0.1, 0.15) is 24.7 Å². The van der Waals surface area contributed by atoms with E-state index in [1.165, 1.54) is 4.68 Å². The minimum absolute atomic E-state index is 0.0402. The Kier molecular flexibility index (Phi) is 4.52. The summed E-state index contributed by atoms with van der Waals surface area (Å²) >= 11 is 6.09. The van der Waals surface area contributed by atoms with Crippen molar-refractivity contribution in [3.8, 4) is 0 Å². The maximum absolute atomic E-state index is 10.6. The number of rotatable bonds is 5. The maximum Gasteiger partial charge on any atom is 0.318 e. The number of nitrogens with zero attached hydrogens (tertiary/aromatic N) is 4. The zero-order chi connectivity index (χ0) is 14.5. The number of aryl methyl sites for hydroxylation is 1. The van der Waals surface area contributed by atoms with Gasteiger partial charge >= 0.3 is 5.62 Å². The molecule has 0 aliphatic carbocycles. The van der Waals surface area contributed by atoms with Crippen LogP contribution in [-0.4, -0.2) is 19.8 Å². The van der Waals surface area contributed by atoms with Crippen LogP contribution in [-0.2, 0) is 13.0 Å². The summed E-state index contributed by atoms with van der Waals surface area (Å²) in [6, 6.07) is 7.31. The minimum atomic E-state index is -0.755. The Hall–Kier alpha value is -2.15. The van der Waals surface area contributed by atoms with E-state index in [4.69, 9.17) is 11.6 Å². The molecule has 0 aliphatic rings. The molecule has 7 nitrogen and oxygen atoms in total. The Labute approximate surface area is 120 Å². The van der Waals surface area contributed by atoms with Crippen LogP contribution in [0.15, 0.2) is 29.4 Å². The molecule has 0 aliphatic heterocycles. The molecule has 1 N–H and O–H groups in total. The SMILES string of the molecule is CCCc1n/c(=N\[N+](=O)[O-])n(Cc2ccccc2Cl)[nH]1. The van der Waals surface area contributed by atoms with Crippen molar-refractivity contribution in [1.82, 2.24) is 14.8 Å². The van der Waals surface area contributed by atoms with E-state index in [2.05, 4.69) is 15.2 Å². The van der Waals surface area contributed by atoms with Gasteiger partial charge in [-0.1, -0.05) is 36.7 Å². The highest BCUT2D eigenvalue weighted by molar-refractivity contribution is 6.31. The number of H-pyrrole nitrogens is 1. The average Bonchev–Trinajstić information content (AvgIpc) is 2.74. The highest BCUT2D eigenvalue weighted by Gasteiger charge is 2.08. The van der Waals surface area contributed by atoms with Gasteiger partial charge in [0.25, 0.3) is 0 Å². The van der Waals surface area contributed by atoms with Crippen molar-refractivity contribution in [2.75, 3.05) is 0 Å². The number of halogens is 1. The summed E-state index contributed by atoms with van der Waals surface area (Å²) in [7, 11) is 0. The van der Waals surface area contributed by atoms with Gasteiger partial charge in [0.15, 0.2) is 5.03 Å². The molecule has 20 heavy (non-hydrogen) atoms. The van der Waals surface area contributed by atoms with Gasteiger partial charge in [0, 0.05) is 11.4 Å². The molecule has 106 valence electrons. The van der Waals surface area contributed by atoms with Crippen molar-refractivity contribution >= 4 is 11.6 Å². The third kappa shape index (κ3) is 3.45. The molecule has 1 aromatic carbocycles. The van der Waals surface area contributed by atoms with E-state index in [-0.39, 0.29) is 5.62 Å². The highest BCUT2D eigenvalue weighted by atomic mass is 35.5. The van der Waals surface area contributed by atoms with Gasteiger partial charge in [-0.3, -0.25) is 5.10 Å². The van der Waals surface area contributed by atoms with Crippen molar-refractivity contribution in [3.05, 3.63) is 56.4 Å². The van der Waals surface area contributed by atoms with Crippen molar-refractivity contribution in [2.24, 2.45) is 5.10 Å². The van der Waals surface area contributed by atoms with Gasteiger partial charge in [0.1, 0.15) is 10.9 Å². The highest BCUT2D eigenvalue weighted by Crippen LogP contribution is 2.15. The first kappa shape index (κ1) is 14.3. The molecule has 2 aromatic rings. The molecular formula is C12H14ClN5O2. The fraction of sp³-hybridized carbons (Fsp3) is 0.333. The number of nitrogens with one attached hydrogen (secondary N) is 1. The lowest BCUT2D eigenvalue weighted by atomic mass is 10.2. The van der Waals surface area contributed by atoms with E-state index < -0.39 is 5.03 Å². The predicted octanol–water partition coefficient (Wildman–Crippen LogP) is 1.96. The average molecular weight is 296 g/mol. The number of benzene rings is 1. The second-order valence-corrected chi connectivity index (χ2v) is 4.64. The second-order valence-electron chi connectivity index (χ2n) is 4.24. The van der Waals surface area contributed by atoms with E-state index in [1.54, 1.807) is 6.07 Å². The molecule has 0 amide bonds. The lowest BCUT2D eigenvalue weighted by Crippen LogP contribution is -2.22. The Morgan fingerprint density at radius 3 is 2.90 bits per heavy atom. The van der Waals surface area contributed by atoms with Gasteiger partial charge in [-0.15, -0.1) is 0 Å². The van der Waals surface area contributed by atoms with Gasteiger partial charge in [0.05, 0.1) is 6.54 Å². The molecule has 1 heterocycles. The van der Waals surface area contributed by atoms with Crippen molar-refractivity contribution < 1.29 is 5.03 Å². The molecule has 0 radical (unpaired) electrons. The van der Waals surface area contributed by atoms with Crippen molar-refractivity contribution in [2.45, 2.75) is 26.3 Å². The summed E-state index contributed by atoms with van der Waals surface area (Å²) in [5.41, 5.74) is 0.879. The van der Waals surface area contributed by atoms with Crippen molar-refractivity contribution in [3.63, 3.8) is 0 Å². The fourth-order valence-corrected chi connectivity index (χ4v) is 2.01. The summed E-state index contributed by atoms with van der Waals surface area (Å²) in [5, 5.41) is 16.7. The van der Waals surface area contributed by atoms with Gasteiger partial charge in [0.2, 0.25) is 0 Å². The second kappa shape index (κ2) is 6.33. The first-order chi connectivity index (χ1) is 9.60. The largest absolute Gasteiger partial charge is 0.318 e. The van der Waals surface area contributed by atoms with E-state index in [1.807, 2.05) is 25.1 Å². The third-order valence-electron chi connectivity index (χ3n) is 2.68. The fourth-order valence-electron chi connectivity index (χ4n) is 1.82. The Morgan fingerprint density at radius 2 is 2.25 bits per heavy atom. The molecule has 2 rings (SSSR count). The van der Waals surface area contributed by atoms with E-state index in [9.17, 15) is 10.1 Å². The molecule has 1 aromatic heterocycles. The maximum atomic E-state index is 10.6. The van der Waals surface area contributed by atoms with Crippen LogP contribution in [0, 0.1) is 10.1 Å². The summed E-state index contributed by atoms with van der Waals surface area (Å²) in [4.78, 5) is 14.7. The topological polar surface area (TPSA) is 89.1 Å². The van der Waals surface area contributed by atoms with Crippen LogP contribution in [0.5, 0.6) is 0 Å². The van der Waals surface area contributed by atoms with Crippen LogP contribution in [0.2, 0.25) is 5.02 Å². The number of aromatic amines is 1. The lowest BCUT2D eigenvalue weighted by molar-refractivity contribution is -0.491. The summed E-state index contributed by atoms with van der Waals surface area (Å²) in [6.45, 7) is 2.36. The molecule has 0 fully saturated rings. The molecular weight excluding hydrogens is 282 g/mol. The molecule has 0 unspecified atom stereocenters. The van der Waals surface area contributed by atoms with Crippen LogP contribution in [0.25, 0.3) is 0 Å². The number of hydrogen-bond acceptors (Lipinski definition) is 3. The summed E-state index contributed by atoms with van der Waals surface area (Å²) < 4.78 is 1.52. The zero-order valence-corrected chi connectivity index (χ0v) is 11.7. The molecule has 0 spiro atoms. The predicted molar refractivity (Wildman–Crippen MR) is 73.7 cm³/mol. The van der Waals surface area contributed by atoms with Gasteiger partial charge in [-0.25, -0.2) is 14.8 Å². The van der Waals surface area contributed by atoms with Gasteiger partial charge in [-0.05, 0) is 18.1 Å². The number of hydrogen-bond donors (Lipinski definition) is 1. The van der Waals surface area contributed by atoms with Crippen molar-refractivity contribution in [1.29, 1.82) is 0 Å². The van der Waals surface area contributed by atoms with Gasteiger partial charge < -0.3 is 0 Å². The van der Waals surface area contributed by atoms with Gasteiger partial charge in [-0.2, -0.15) is 4.98 Å². The number of aromatic nitrogens is 3. The van der Waals surface area contributed by atoms with Crippen LogP contribution < -0.4 is 5.62 Å². The molecule has 0 bridgehead atoms. The standard InChI is InChI=1S/C12H14ClN5O2/c1-2-5-11-14-12(16-18(19)20)17(15-11)8-9-6-3-4-7-10(9)13/h3-4,6-7H,2,5,8H2,1H3,(H,14,15,16). The Bertz CT molecular complexity index is 676. The Morgan fingerprint density at radius 1 is 1.50 bits per heavy atom. The molecule has 8 heteroatoms. The normalized spacial score (nSPS) is 11.8. The first-order valence-corrected chi connectivity index (χ1v) is 6.56. The van der Waals surface area contributed by atoms with E-state index in [0.717, 1.165) is 12.0 Å². The molecule has 0 saturated heterocycles. The van der Waals surface area contributed by atoms with Crippen LogP contribution in [0.3, 0.4) is 0 Å². The van der Waals surface area contributed by atoms with E-state index in [0.29, 0.717) is 23.8 Å². The Balaban J connectivity index is 2.40. The first-order valence-electron chi connectivity index (χ1n) is 6.18. The molecule has 0 saturated carbocycles. The third-order valence-corrected chi connectivity index (χ3v) is 3.05. The summed E-state index contributed by atoms with van der Waals surface area (Å²) in [6.07, 6.45) is 1.59. The number of nitro groups is 1. The van der Waals surface area contributed by atoms with E-state index >= 15 is 0 Å².